The molecular formula is C13H20F2N2O. The number of hydrogen-bond acceptors (Lipinski definition) is 3. The van der Waals surface area contributed by atoms with E-state index in [0.717, 1.165) is 12.5 Å². The summed E-state index contributed by atoms with van der Waals surface area (Å²) in [5, 5.41) is 0. The number of methoxy groups -OCH3 is 1. The molecule has 0 radical (unpaired) electrons. The number of ether oxygens (including phenoxy) is 1. The average molecular weight is 258 g/mol. The van der Waals surface area contributed by atoms with Crippen LogP contribution in [0.4, 0.5) is 8.78 Å². The van der Waals surface area contributed by atoms with E-state index < -0.39 is 11.6 Å². The van der Waals surface area contributed by atoms with Gasteiger partial charge >= 0.3 is 0 Å². The molecule has 18 heavy (non-hydrogen) atoms. The van der Waals surface area contributed by atoms with Gasteiger partial charge in [-0.3, -0.25) is 11.3 Å². The maximum atomic E-state index is 13.1. The SMILES string of the molecule is COCC(C)CC(Cc1cc(F)cc(F)c1)NN. The van der Waals surface area contributed by atoms with Crippen LogP contribution in [0.3, 0.4) is 0 Å². The largest absolute Gasteiger partial charge is 0.384 e. The summed E-state index contributed by atoms with van der Waals surface area (Å²) in [5.41, 5.74) is 3.28. The Labute approximate surface area is 106 Å². The molecule has 3 N–H and O–H groups in total. The van der Waals surface area contributed by atoms with Crippen molar-refractivity contribution in [3.63, 3.8) is 0 Å². The van der Waals surface area contributed by atoms with Crippen molar-refractivity contribution in [2.75, 3.05) is 13.7 Å². The van der Waals surface area contributed by atoms with Gasteiger partial charge in [0.2, 0.25) is 0 Å². The lowest BCUT2D eigenvalue weighted by molar-refractivity contribution is 0.149. The number of nitrogens with one attached hydrogen (secondary N) is 1. The molecule has 0 aromatic heterocycles. The normalized spacial score (nSPS) is 14.5. The quantitative estimate of drug-likeness (QED) is 0.581. The Bertz CT molecular complexity index is 354. The molecule has 0 aliphatic rings. The molecule has 5 heteroatoms. The van der Waals surface area contributed by atoms with Gasteiger partial charge in [-0.1, -0.05) is 6.92 Å². The number of nitrogens with two attached hydrogens (primary N) is 1. The van der Waals surface area contributed by atoms with Gasteiger partial charge in [-0.05, 0) is 36.5 Å². The van der Waals surface area contributed by atoms with Crippen molar-refractivity contribution in [3.8, 4) is 0 Å². The zero-order valence-corrected chi connectivity index (χ0v) is 10.7. The van der Waals surface area contributed by atoms with Crippen molar-refractivity contribution >= 4 is 0 Å². The monoisotopic (exact) mass is 258 g/mol. The number of hydrazine groups is 1. The van der Waals surface area contributed by atoms with Crippen LogP contribution in [0.5, 0.6) is 0 Å². The molecule has 1 rings (SSSR count). The summed E-state index contributed by atoms with van der Waals surface area (Å²) in [6, 6.07) is 3.49. The Hall–Kier alpha value is -1.04. The van der Waals surface area contributed by atoms with E-state index in [1.165, 1.54) is 12.1 Å². The Morgan fingerprint density at radius 3 is 2.39 bits per heavy atom. The lowest BCUT2D eigenvalue weighted by Crippen LogP contribution is -2.38. The van der Waals surface area contributed by atoms with Crippen molar-refractivity contribution in [1.82, 2.24) is 5.43 Å². The van der Waals surface area contributed by atoms with Crippen molar-refractivity contribution in [3.05, 3.63) is 35.4 Å². The van der Waals surface area contributed by atoms with E-state index >= 15 is 0 Å². The lowest BCUT2D eigenvalue weighted by atomic mass is 9.97. The molecule has 0 bridgehead atoms. The van der Waals surface area contributed by atoms with Crippen LogP contribution in [0.25, 0.3) is 0 Å². The van der Waals surface area contributed by atoms with Crippen LogP contribution < -0.4 is 11.3 Å². The molecule has 3 nitrogen and oxygen atoms in total. The van der Waals surface area contributed by atoms with Crippen LogP contribution in [-0.2, 0) is 11.2 Å². The number of halogens is 2. The molecule has 2 atom stereocenters. The summed E-state index contributed by atoms with van der Waals surface area (Å²) < 4.78 is 31.2. The van der Waals surface area contributed by atoms with E-state index in [0.29, 0.717) is 24.5 Å². The highest BCUT2D eigenvalue weighted by atomic mass is 19.1. The van der Waals surface area contributed by atoms with Crippen LogP contribution in [0, 0.1) is 17.6 Å². The van der Waals surface area contributed by atoms with E-state index in [1.807, 2.05) is 6.92 Å². The third-order valence-electron chi connectivity index (χ3n) is 2.78. The summed E-state index contributed by atoms with van der Waals surface area (Å²) in [7, 11) is 1.64. The maximum Gasteiger partial charge on any atom is 0.126 e. The van der Waals surface area contributed by atoms with Gasteiger partial charge in [-0.25, -0.2) is 8.78 Å². The third kappa shape index (κ3) is 5.08. The number of benzene rings is 1. The number of rotatable bonds is 7. The highest BCUT2D eigenvalue weighted by Crippen LogP contribution is 2.14. The molecule has 1 aromatic rings. The molecule has 0 amide bonds. The highest BCUT2D eigenvalue weighted by Gasteiger charge is 2.13. The van der Waals surface area contributed by atoms with Gasteiger partial charge < -0.3 is 4.74 Å². The fourth-order valence-electron chi connectivity index (χ4n) is 2.06. The average Bonchev–Trinajstić information content (AvgIpc) is 2.27. The van der Waals surface area contributed by atoms with Crippen LogP contribution in [-0.4, -0.2) is 19.8 Å². The van der Waals surface area contributed by atoms with Crippen LogP contribution >= 0.6 is 0 Å². The minimum absolute atomic E-state index is 0.0312. The second kappa shape index (κ2) is 7.41. The molecule has 0 aliphatic heterocycles. The van der Waals surface area contributed by atoms with Crippen molar-refractivity contribution in [2.24, 2.45) is 11.8 Å². The third-order valence-corrected chi connectivity index (χ3v) is 2.78. The van der Waals surface area contributed by atoms with Gasteiger partial charge in [0, 0.05) is 25.8 Å². The molecular weight excluding hydrogens is 238 g/mol. The minimum Gasteiger partial charge on any atom is -0.384 e. The zero-order chi connectivity index (χ0) is 13.5. The van der Waals surface area contributed by atoms with Gasteiger partial charge in [-0.2, -0.15) is 0 Å². The van der Waals surface area contributed by atoms with Crippen molar-refractivity contribution in [1.29, 1.82) is 0 Å². The first-order valence-electron chi connectivity index (χ1n) is 5.95. The van der Waals surface area contributed by atoms with Crippen LogP contribution in [0.1, 0.15) is 18.9 Å². The Kier molecular flexibility index (Phi) is 6.18. The molecule has 2 unspecified atom stereocenters. The molecule has 0 saturated heterocycles. The lowest BCUT2D eigenvalue weighted by Gasteiger charge is -2.20. The second-order valence-corrected chi connectivity index (χ2v) is 4.64. The highest BCUT2D eigenvalue weighted by molar-refractivity contribution is 5.18. The fourth-order valence-corrected chi connectivity index (χ4v) is 2.06. The summed E-state index contributed by atoms with van der Waals surface area (Å²) in [5.74, 6) is 4.66. The van der Waals surface area contributed by atoms with E-state index in [1.54, 1.807) is 7.11 Å². The van der Waals surface area contributed by atoms with Crippen LogP contribution in [0.15, 0.2) is 18.2 Å². The topological polar surface area (TPSA) is 47.3 Å². The van der Waals surface area contributed by atoms with E-state index in [9.17, 15) is 8.78 Å². The van der Waals surface area contributed by atoms with E-state index in [-0.39, 0.29) is 6.04 Å². The summed E-state index contributed by atoms with van der Waals surface area (Å²) >= 11 is 0. The van der Waals surface area contributed by atoms with Crippen molar-refractivity contribution in [2.45, 2.75) is 25.8 Å². The van der Waals surface area contributed by atoms with Gasteiger partial charge in [0.25, 0.3) is 0 Å². The predicted molar refractivity (Wildman–Crippen MR) is 66.8 cm³/mol. The standard InChI is InChI=1S/C13H20F2N2O/c1-9(8-18-2)3-13(17-16)6-10-4-11(14)7-12(15)5-10/h4-5,7,9,13,17H,3,6,8,16H2,1-2H3. The molecule has 0 heterocycles. The zero-order valence-electron chi connectivity index (χ0n) is 10.7. The first-order valence-corrected chi connectivity index (χ1v) is 5.95. The Morgan fingerprint density at radius 2 is 1.89 bits per heavy atom. The van der Waals surface area contributed by atoms with Gasteiger partial charge in [-0.15, -0.1) is 0 Å². The number of hydrogen-bond donors (Lipinski definition) is 2. The summed E-state index contributed by atoms with van der Waals surface area (Å²) in [6.07, 6.45) is 1.27. The van der Waals surface area contributed by atoms with Gasteiger partial charge in [0.15, 0.2) is 0 Å². The van der Waals surface area contributed by atoms with Crippen molar-refractivity contribution < 1.29 is 13.5 Å². The first-order chi connectivity index (χ1) is 8.55. The Morgan fingerprint density at radius 1 is 1.28 bits per heavy atom. The fraction of sp³-hybridized carbons (Fsp3) is 0.538. The summed E-state index contributed by atoms with van der Waals surface area (Å²) in [4.78, 5) is 0. The molecule has 1 aromatic carbocycles. The minimum atomic E-state index is -0.564. The van der Waals surface area contributed by atoms with Crippen LogP contribution in [0.2, 0.25) is 0 Å². The Balaban J connectivity index is 2.61. The smallest absolute Gasteiger partial charge is 0.126 e. The van der Waals surface area contributed by atoms with Gasteiger partial charge in [0.1, 0.15) is 11.6 Å². The predicted octanol–water partition coefficient (Wildman–Crippen LogP) is 2.01. The molecule has 102 valence electrons. The summed E-state index contributed by atoms with van der Waals surface area (Å²) in [6.45, 7) is 2.68. The maximum absolute atomic E-state index is 13.1. The molecule has 0 saturated carbocycles. The molecule has 0 aliphatic carbocycles. The molecule has 0 spiro atoms. The van der Waals surface area contributed by atoms with E-state index in [4.69, 9.17) is 10.6 Å². The first kappa shape index (κ1) is 15.0. The van der Waals surface area contributed by atoms with Gasteiger partial charge in [0.05, 0.1) is 0 Å². The second-order valence-electron chi connectivity index (χ2n) is 4.64. The molecule has 0 fully saturated rings. The van der Waals surface area contributed by atoms with E-state index in [2.05, 4.69) is 5.43 Å².